The number of amides is 1. The van der Waals surface area contributed by atoms with E-state index in [1.54, 1.807) is 26.1 Å². The highest BCUT2D eigenvalue weighted by Gasteiger charge is 2.13. The molecule has 156 valence electrons. The highest BCUT2D eigenvalue weighted by atomic mass is 19.1. The number of carbonyl (C=O) groups is 1. The van der Waals surface area contributed by atoms with Gasteiger partial charge in [0.1, 0.15) is 5.82 Å². The Hall–Kier alpha value is -2.15. The lowest BCUT2D eigenvalue weighted by Gasteiger charge is -2.22. The average molecular weight is 393 g/mol. The highest BCUT2D eigenvalue weighted by Crippen LogP contribution is 2.20. The zero-order valence-electron chi connectivity index (χ0n) is 17.0. The van der Waals surface area contributed by atoms with Gasteiger partial charge in [0, 0.05) is 38.9 Å². The van der Waals surface area contributed by atoms with Crippen molar-refractivity contribution in [1.82, 2.24) is 16.0 Å². The third-order valence-electron chi connectivity index (χ3n) is 4.88. The molecule has 0 saturated heterocycles. The number of hydrogen-bond donors (Lipinski definition) is 3. The van der Waals surface area contributed by atoms with Gasteiger partial charge < -0.3 is 20.7 Å². The first kappa shape index (κ1) is 22.1. The summed E-state index contributed by atoms with van der Waals surface area (Å²) in [6.07, 6.45) is 7.66. The molecule has 0 aromatic heterocycles. The molecule has 1 aliphatic carbocycles. The Balaban J connectivity index is 1.55. The largest absolute Gasteiger partial charge is 0.378 e. The summed E-state index contributed by atoms with van der Waals surface area (Å²) >= 11 is 0. The number of nitrogens with zero attached hydrogens (tertiary/aromatic N) is 1. The van der Waals surface area contributed by atoms with Gasteiger partial charge in [-0.25, -0.2) is 4.39 Å². The maximum absolute atomic E-state index is 13.5. The second-order valence-electron chi connectivity index (χ2n) is 7.13. The molecule has 3 N–H and O–H groups in total. The number of nitrogens with one attached hydrogen (secondary N) is 3. The van der Waals surface area contributed by atoms with E-state index in [-0.39, 0.29) is 11.7 Å². The molecule has 1 saturated carbocycles. The fraction of sp³-hybridized carbons (Fsp3) is 0.619. The molecule has 1 aliphatic rings. The zero-order chi connectivity index (χ0) is 20.2. The van der Waals surface area contributed by atoms with E-state index in [1.165, 1.54) is 38.2 Å². The standard InChI is InChI=1S/C21H33FN4O2/c1-16-9-10-17(15-19(16)22)20(27)24-12-13-26-21(23-2)25-11-6-14-28-18-7-4-3-5-8-18/h9-10,15,18H,3-8,11-14H2,1-2H3,(H,24,27)(H2,23,25,26). The monoisotopic (exact) mass is 392 g/mol. The van der Waals surface area contributed by atoms with Crippen molar-refractivity contribution in [3.05, 3.63) is 35.1 Å². The Kier molecular flexibility index (Phi) is 9.76. The van der Waals surface area contributed by atoms with E-state index in [4.69, 9.17) is 4.74 Å². The van der Waals surface area contributed by atoms with Gasteiger partial charge in [-0.3, -0.25) is 9.79 Å². The van der Waals surface area contributed by atoms with Gasteiger partial charge >= 0.3 is 0 Å². The van der Waals surface area contributed by atoms with Crippen molar-refractivity contribution in [2.45, 2.75) is 51.6 Å². The number of guanidine groups is 1. The molecule has 1 aromatic carbocycles. The average Bonchev–Trinajstić information content (AvgIpc) is 2.72. The number of benzene rings is 1. The van der Waals surface area contributed by atoms with Crippen molar-refractivity contribution in [3.63, 3.8) is 0 Å². The summed E-state index contributed by atoms with van der Waals surface area (Å²) in [5.41, 5.74) is 0.848. The van der Waals surface area contributed by atoms with Gasteiger partial charge in [-0.15, -0.1) is 0 Å². The van der Waals surface area contributed by atoms with E-state index < -0.39 is 0 Å². The Morgan fingerprint density at radius 1 is 1.14 bits per heavy atom. The molecule has 0 atom stereocenters. The maximum Gasteiger partial charge on any atom is 0.251 e. The van der Waals surface area contributed by atoms with Crippen LogP contribution in [0, 0.1) is 12.7 Å². The predicted octanol–water partition coefficient (Wildman–Crippen LogP) is 2.77. The lowest BCUT2D eigenvalue weighted by atomic mass is 9.98. The second kappa shape index (κ2) is 12.3. The maximum atomic E-state index is 13.5. The number of rotatable bonds is 9. The van der Waals surface area contributed by atoms with E-state index in [2.05, 4.69) is 20.9 Å². The molecule has 0 spiro atoms. The van der Waals surface area contributed by atoms with Crippen LogP contribution >= 0.6 is 0 Å². The van der Waals surface area contributed by atoms with Gasteiger partial charge in [0.2, 0.25) is 0 Å². The topological polar surface area (TPSA) is 74.8 Å². The minimum atomic E-state index is -0.372. The van der Waals surface area contributed by atoms with E-state index in [1.807, 2.05) is 0 Å². The molecule has 7 heteroatoms. The fourth-order valence-electron chi connectivity index (χ4n) is 3.17. The van der Waals surface area contributed by atoms with E-state index in [9.17, 15) is 9.18 Å². The lowest BCUT2D eigenvalue weighted by molar-refractivity contribution is 0.0277. The molecule has 0 unspecified atom stereocenters. The third kappa shape index (κ3) is 7.84. The molecule has 0 bridgehead atoms. The Labute approximate surface area is 167 Å². The first-order chi connectivity index (χ1) is 13.6. The number of ether oxygens (including phenoxy) is 1. The minimum absolute atomic E-state index is 0.288. The molecular weight excluding hydrogens is 359 g/mol. The van der Waals surface area contributed by atoms with Crippen molar-refractivity contribution in [3.8, 4) is 0 Å². The molecule has 1 aromatic rings. The smallest absolute Gasteiger partial charge is 0.251 e. The Morgan fingerprint density at radius 2 is 1.86 bits per heavy atom. The summed E-state index contributed by atoms with van der Waals surface area (Å²) in [5, 5.41) is 9.15. The molecule has 1 amide bonds. The van der Waals surface area contributed by atoms with Crippen molar-refractivity contribution in [2.75, 3.05) is 33.3 Å². The van der Waals surface area contributed by atoms with Crippen molar-refractivity contribution in [2.24, 2.45) is 4.99 Å². The van der Waals surface area contributed by atoms with Gasteiger partial charge in [-0.1, -0.05) is 25.3 Å². The Morgan fingerprint density at radius 3 is 2.57 bits per heavy atom. The fourth-order valence-corrected chi connectivity index (χ4v) is 3.17. The summed E-state index contributed by atoms with van der Waals surface area (Å²) in [5.74, 6) is 0.0275. The molecule has 0 radical (unpaired) electrons. The summed E-state index contributed by atoms with van der Waals surface area (Å²) < 4.78 is 19.4. The normalized spacial score (nSPS) is 15.3. The zero-order valence-corrected chi connectivity index (χ0v) is 17.0. The molecule has 2 rings (SSSR count). The number of carbonyl (C=O) groups excluding carboxylic acids is 1. The van der Waals surface area contributed by atoms with Crippen molar-refractivity contribution in [1.29, 1.82) is 0 Å². The SMILES string of the molecule is CN=C(NCCCOC1CCCCC1)NCCNC(=O)c1ccc(C)c(F)c1. The number of halogens is 1. The molecule has 28 heavy (non-hydrogen) atoms. The van der Waals surface area contributed by atoms with Crippen LogP contribution in [0.3, 0.4) is 0 Å². The number of aliphatic imine (C=N–C) groups is 1. The highest BCUT2D eigenvalue weighted by molar-refractivity contribution is 5.94. The van der Waals surface area contributed by atoms with Gasteiger partial charge in [-0.05, 0) is 43.9 Å². The number of hydrogen-bond acceptors (Lipinski definition) is 3. The summed E-state index contributed by atoms with van der Waals surface area (Å²) in [6, 6.07) is 4.48. The minimum Gasteiger partial charge on any atom is -0.378 e. The number of aryl methyl sites for hydroxylation is 1. The van der Waals surface area contributed by atoms with E-state index in [0.29, 0.717) is 36.3 Å². The Bertz CT molecular complexity index is 645. The van der Waals surface area contributed by atoms with Gasteiger partial charge in [-0.2, -0.15) is 0 Å². The van der Waals surface area contributed by atoms with Crippen LogP contribution < -0.4 is 16.0 Å². The summed E-state index contributed by atoms with van der Waals surface area (Å²) in [4.78, 5) is 16.2. The van der Waals surface area contributed by atoms with E-state index in [0.717, 1.165) is 19.6 Å². The van der Waals surface area contributed by atoms with Crippen LogP contribution in [-0.4, -0.2) is 51.3 Å². The van der Waals surface area contributed by atoms with Crippen LogP contribution in [0.2, 0.25) is 0 Å². The molecule has 0 heterocycles. The van der Waals surface area contributed by atoms with Crippen molar-refractivity contribution >= 4 is 11.9 Å². The second-order valence-corrected chi connectivity index (χ2v) is 7.13. The first-order valence-corrected chi connectivity index (χ1v) is 10.2. The van der Waals surface area contributed by atoms with E-state index >= 15 is 0 Å². The third-order valence-corrected chi connectivity index (χ3v) is 4.88. The van der Waals surface area contributed by atoms with Crippen LogP contribution in [0.5, 0.6) is 0 Å². The summed E-state index contributed by atoms with van der Waals surface area (Å²) in [6.45, 7) is 4.15. The van der Waals surface area contributed by atoms with Gasteiger partial charge in [0.15, 0.2) is 5.96 Å². The summed E-state index contributed by atoms with van der Waals surface area (Å²) in [7, 11) is 1.71. The van der Waals surface area contributed by atoms with Crippen LogP contribution in [0.15, 0.2) is 23.2 Å². The quantitative estimate of drug-likeness (QED) is 0.343. The van der Waals surface area contributed by atoms with Crippen LogP contribution in [0.25, 0.3) is 0 Å². The molecule has 0 aliphatic heterocycles. The van der Waals surface area contributed by atoms with Gasteiger partial charge in [0.05, 0.1) is 6.10 Å². The van der Waals surface area contributed by atoms with Crippen LogP contribution in [-0.2, 0) is 4.74 Å². The van der Waals surface area contributed by atoms with Gasteiger partial charge in [0.25, 0.3) is 5.91 Å². The lowest BCUT2D eigenvalue weighted by Crippen LogP contribution is -2.42. The first-order valence-electron chi connectivity index (χ1n) is 10.2. The van der Waals surface area contributed by atoms with Crippen molar-refractivity contribution < 1.29 is 13.9 Å². The molecule has 6 nitrogen and oxygen atoms in total. The predicted molar refractivity (Wildman–Crippen MR) is 110 cm³/mol. The molecular formula is C21H33FN4O2. The van der Waals surface area contributed by atoms with Crippen LogP contribution in [0.4, 0.5) is 4.39 Å². The van der Waals surface area contributed by atoms with Crippen LogP contribution in [0.1, 0.15) is 54.4 Å². The molecule has 1 fully saturated rings.